The maximum Gasteiger partial charge on any atom is 0.316 e. The Morgan fingerprint density at radius 3 is 2.10 bits per heavy atom. The average Bonchev–Trinajstić information content (AvgIpc) is 2.72. The highest BCUT2D eigenvalue weighted by atomic mass is 32.2. The second-order valence-corrected chi connectivity index (χ2v) is 8.36. The summed E-state index contributed by atoms with van der Waals surface area (Å²) in [5.74, 6) is -1.05. The smallest absolute Gasteiger partial charge is 0.316 e. The summed E-state index contributed by atoms with van der Waals surface area (Å²) >= 11 is 0.997. The number of aliphatic carboxylic acids is 1. The summed E-state index contributed by atoms with van der Waals surface area (Å²) in [6.45, 7) is 1.07. The molecule has 0 aromatic heterocycles. The highest BCUT2D eigenvalue weighted by Crippen LogP contribution is 2.31. The van der Waals surface area contributed by atoms with Gasteiger partial charge in [0.15, 0.2) is 12.6 Å². The predicted octanol–water partition coefficient (Wildman–Crippen LogP) is -3.14. The molecule has 1 unspecified atom stereocenters. The number of thioether (sulfide) groups is 1. The van der Waals surface area contributed by atoms with Gasteiger partial charge in [-0.2, -0.15) is 0 Å². The summed E-state index contributed by atoms with van der Waals surface area (Å²) in [6, 6.07) is 0. The molecule has 2 fully saturated rings. The third kappa shape index (κ3) is 5.61. The van der Waals surface area contributed by atoms with Crippen LogP contribution in [-0.2, 0) is 23.7 Å². The van der Waals surface area contributed by atoms with Crippen molar-refractivity contribution in [2.45, 2.75) is 80.0 Å². The summed E-state index contributed by atoms with van der Waals surface area (Å²) in [6.07, 6.45) is -14.0. The third-order valence-corrected chi connectivity index (χ3v) is 6.58. The highest BCUT2D eigenvalue weighted by Gasteiger charge is 2.50. The van der Waals surface area contributed by atoms with Crippen molar-refractivity contribution >= 4 is 17.7 Å². The molecule has 0 aromatic carbocycles. The predicted molar refractivity (Wildman–Crippen MR) is 100 cm³/mol. The molecular weight excluding hydrogens is 428 g/mol. The Morgan fingerprint density at radius 1 is 0.967 bits per heavy atom. The molecule has 12 nitrogen and oxygen atoms in total. The zero-order valence-corrected chi connectivity index (χ0v) is 17.4. The first kappa shape index (κ1) is 25.7. The Kier molecular flexibility index (Phi) is 9.70. The van der Waals surface area contributed by atoms with E-state index in [0.29, 0.717) is 6.42 Å². The van der Waals surface area contributed by atoms with Crippen molar-refractivity contribution in [3.8, 4) is 0 Å². The first-order valence-corrected chi connectivity index (χ1v) is 10.6. The van der Waals surface area contributed by atoms with E-state index in [1.807, 2.05) is 0 Å². The molecule has 0 amide bonds. The Balaban J connectivity index is 2.10. The van der Waals surface area contributed by atoms with Crippen molar-refractivity contribution < 1.29 is 59.5 Å². The van der Waals surface area contributed by atoms with Crippen molar-refractivity contribution in [3.05, 3.63) is 0 Å². The van der Waals surface area contributed by atoms with Crippen LogP contribution in [0, 0.1) is 0 Å². The second-order valence-electron chi connectivity index (χ2n) is 7.13. The van der Waals surface area contributed by atoms with Gasteiger partial charge in [-0.1, -0.05) is 6.92 Å². The van der Waals surface area contributed by atoms with Gasteiger partial charge in [0, 0.05) is 12.9 Å². The molecule has 0 radical (unpaired) electrons. The number of carboxylic acid groups (broad SMARTS) is 1. The van der Waals surface area contributed by atoms with Crippen molar-refractivity contribution in [1.29, 1.82) is 0 Å². The van der Waals surface area contributed by atoms with Gasteiger partial charge < -0.3 is 54.7 Å². The van der Waals surface area contributed by atoms with Gasteiger partial charge in [0.05, 0.1) is 12.7 Å². The first-order valence-electron chi connectivity index (χ1n) is 9.50. The lowest BCUT2D eigenvalue weighted by Gasteiger charge is -2.46. The number of hydrogen-bond donors (Lipinski definition) is 7. The summed E-state index contributed by atoms with van der Waals surface area (Å²) in [5, 5.41) is 69.0. The number of rotatable bonds is 9. The minimum Gasteiger partial charge on any atom is -0.480 e. The van der Waals surface area contributed by atoms with E-state index in [2.05, 4.69) is 0 Å². The lowest BCUT2D eigenvalue weighted by Crippen LogP contribution is -2.64. The Bertz CT molecular complexity index is 551. The van der Waals surface area contributed by atoms with E-state index in [1.54, 1.807) is 6.92 Å². The van der Waals surface area contributed by atoms with Gasteiger partial charge in [-0.3, -0.25) is 4.79 Å². The van der Waals surface area contributed by atoms with Crippen LogP contribution in [0.1, 0.15) is 13.3 Å². The molecule has 2 saturated heterocycles. The Morgan fingerprint density at radius 2 is 1.57 bits per heavy atom. The van der Waals surface area contributed by atoms with Crippen molar-refractivity contribution in [1.82, 2.24) is 0 Å². The van der Waals surface area contributed by atoms with E-state index in [0.717, 1.165) is 11.8 Å². The molecule has 2 heterocycles. The van der Waals surface area contributed by atoms with Crippen molar-refractivity contribution in [2.75, 3.05) is 19.5 Å². The molecule has 2 aliphatic heterocycles. The molecule has 176 valence electrons. The molecule has 7 N–H and O–H groups in total. The maximum atomic E-state index is 11.2. The molecule has 0 aromatic rings. The second kappa shape index (κ2) is 11.3. The van der Waals surface area contributed by atoms with Gasteiger partial charge in [-0.25, -0.2) is 0 Å². The molecule has 13 heteroatoms. The topological polar surface area (TPSA) is 196 Å². The van der Waals surface area contributed by atoms with Gasteiger partial charge in [0.25, 0.3) is 0 Å². The van der Waals surface area contributed by atoms with E-state index in [-0.39, 0.29) is 5.75 Å². The zero-order chi connectivity index (χ0) is 22.6. The molecule has 0 bridgehead atoms. The van der Waals surface area contributed by atoms with E-state index in [4.69, 9.17) is 24.1 Å². The number of carboxylic acids is 1. The molecule has 0 aliphatic carbocycles. The van der Waals surface area contributed by atoms with Crippen LogP contribution in [0.5, 0.6) is 0 Å². The number of ether oxygens (including phenoxy) is 4. The van der Waals surface area contributed by atoms with Crippen LogP contribution in [0.15, 0.2) is 0 Å². The number of carbonyl (C=O) groups is 1. The summed E-state index contributed by atoms with van der Waals surface area (Å²) in [5.41, 5.74) is 0. The lowest BCUT2D eigenvalue weighted by atomic mass is 9.97. The molecule has 2 rings (SSSR count). The minimum absolute atomic E-state index is 0.0167. The quantitative estimate of drug-likeness (QED) is 0.183. The van der Waals surface area contributed by atoms with Crippen LogP contribution in [-0.4, -0.2) is 128 Å². The fourth-order valence-corrected chi connectivity index (χ4v) is 4.39. The van der Waals surface area contributed by atoms with E-state index < -0.39 is 79.2 Å². The first-order chi connectivity index (χ1) is 14.2. The van der Waals surface area contributed by atoms with Gasteiger partial charge in [0.1, 0.15) is 48.0 Å². The normalized spacial score (nSPS) is 43.3. The van der Waals surface area contributed by atoms with Gasteiger partial charge >= 0.3 is 5.97 Å². The summed E-state index contributed by atoms with van der Waals surface area (Å²) in [7, 11) is 1.24. The lowest BCUT2D eigenvalue weighted by molar-refractivity contribution is -0.353. The SMILES string of the molecule is CCC(SC[C@H]1O[C@@H](O[C@H]2[C@H](O)[C@@H](O)[C@H](OC)O[C@@H]2CO)[C@H](O)[C@@H](O)[C@H]1O)C(=O)O. The molecular formula is C17H30O12S. The zero-order valence-electron chi connectivity index (χ0n) is 16.6. The summed E-state index contributed by atoms with van der Waals surface area (Å²) in [4.78, 5) is 11.2. The van der Waals surface area contributed by atoms with Crippen LogP contribution in [0.2, 0.25) is 0 Å². The number of methoxy groups -OCH3 is 1. The molecule has 0 spiro atoms. The molecule has 0 saturated carbocycles. The van der Waals surface area contributed by atoms with Crippen LogP contribution in [0.25, 0.3) is 0 Å². The van der Waals surface area contributed by atoms with Crippen LogP contribution in [0.3, 0.4) is 0 Å². The third-order valence-electron chi connectivity index (χ3n) is 5.12. The molecule has 30 heavy (non-hydrogen) atoms. The van der Waals surface area contributed by atoms with Gasteiger partial charge in [0.2, 0.25) is 0 Å². The van der Waals surface area contributed by atoms with Crippen LogP contribution in [0.4, 0.5) is 0 Å². The number of aliphatic hydroxyl groups excluding tert-OH is 6. The van der Waals surface area contributed by atoms with E-state index in [9.17, 15) is 35.4 Å². The monoisotopic (exact) mass is 458 g/mol. The Labute approximate surface area is 177 Å². The fourth-order valence-electron chi connectivity index (χ4n) is 3.31. The largest absolute Gasteiger partial charge is 0.480 e. The standard InChI is InChI=1S/C17H30O12S/c1-3-8(15(24)25)30-5-7-9(19)10(20)12(22)17(28-7)29-14-6(4-18)27-16(26-2)13(23)11(14)21/h6-14,16-23H,3-5H2,1-2H3,(H,24,25)/t6-,7-,8?,9+,10+,11-,12-,13-,14-,16-,17+/m1/s1. The van der Waals surface area contributed by atoms with Crippen molar-refractivity contribution in [2.24, 2.45) is 0 Å². The molecule has 2 aliphatic rings. The summed E-state index contributed by atoms with van der Waals surface area (Å²) < 4.78 is 21.3. The fraction of sp³-hybridized carbons (Fsp3) is 0.941. The van der Waals surface area contributed by atoms with E-state index >= 15 is 0 Å². The van der Waals surface area contributed by atoms with Gasteiger partial charge in [-0.15, -0.1) is 11.8 Å². The van der Waals surface area contributed by atoms with Crippen LogP contribution >= 0.6 is 11.8 Å². The van der Waals surface area contributed by atoms with Crippen LogP contribution < -0.4 is 0 Å². The maximum absolute atomic E-state index is 11.2. The number of aliphatic hydroxyl groups is 6. The van der Waals surface area contributed by atoms with Gasteiger partial charge in [-0.05, 0) is 6.42 Å². The van der Waals surface area contributed by atoms with E-state index in [1.165, 1.54) is 7.11 Å². The average molecular weight is 458 g/mol. The highest BCUT2D eigenvalue weighted by molar-refractivity contribution is 8.00. The molecule has 11 atom stereocenters. The number of hydrogen-bond acceptors (Lipinski definition) is 12. The Hall–Kier alpha value is -0.580. The van der Waals surface area contributed by atoms with Crippen molar-refractivity contribution in [3.63, 3.8) is 0 Å². The minimum atomic E-state index is -1.72.